The molecule has 0 amide bonds. The van der Waals surface area contributed by atoms with Crippen molar-refractivity contribution in [3.63, 3.8) is 0 Å². The smallest absolute Gasteiger partial charge is 0.446 e. The average Bonchev–Trinajstić information content (AvgIpc) is 2.10. The molecule has 0 bridgehead atoms. The number of rotatable bonds is 3. The Bertz CT molecular complexity index is 538. The maximum Gasteiger partial charge on any atom is 0.446 e. The highest BCUT2D eigenvalue weighted by Gasteiger charge is 2.19. The molecular weight excluding hydrogens is 244 g/mol. The minimum Gasteiger partial charge on any atom is -0.503 e. The van der Waals surface area contributed by atoms with Crippen molar-refractivity contribution in [2.75, 3.05) is 5.73 Å². The van der Waals surface area contributed by atoms with E-state index in [4.69, 9.17) is 10.3 Å². The number of nitrogen functional groups attached to an aromatic ring is 1. The van der Waals surface area contributed by atoms with Crippen molar-refractivity contribution in [2.24, 2.45) is 0 Å². The molecule has 0 fully saturated rings. The Morgan fingerprint density at radius 3 is 2.44 bits per heavy atom. The zero-order chi connectivity index (χ0) is 12.5. The third kappa shape index (κ3) is 2.71. The van der Waals surface area contributed by atoms with Gasteiger partial charge in [-0.25, -0.2) is 0 Å². The lowest BCUT2D eigenvalue weighted by Gasteiger charge is -2.05. The number of nitro groups is 1. The van der Waals surface area contributed by atoms with Crippen molar-refractivity contribution >= 4 is 21.8 Å². The lowest BCUT2D eigenvalue weighted by atomic mass is 10.2. The van der Waals surface area contributed by atoms with Crippen LogP contribution in [-0.4, -0.2) is 23.0 Å². The second kappa shape index (κ2) is 3.83. The number of nitro benzene ring substituents is 1. The summed E-state index contributed by atoms with van der Waals surface area (Å²) in [6.07, 6.45) is 0. The largest absolute Gasteiger partial charge is 0.503 e. The number of aromatic hydroxyl groups is 1. The Hall–Kier alpha value is -2.07. The van der Waals surface area contributed by atoms with Crippen LogP contribution in [0.2, 0.25) is 0 Å². The first kappa shape index (κ1) is 12.0. The van der Waals surface area contributed by atoms with Crippen LogP contribution in [0.25, 0.3) is 0 Å². The van der Waals surface area contributed by atoms with Crippen LogP contribution in [0, 0.1) is 10.1 Å². The van der Waals surface area contributed by atoms with E-state index in [2.05, 4.69) is 4.18 Å². The molecule has 88 valence electrons. The standard InChI is InChI=1S/C6H6N2O7S/c7-4-1-3(8(10)11)2-5(6(4)9)15-16(12,13)14/h1-2,9H,7H2,(H,12,13,14). The maximum absolute atomic E-state index is 10.4. The van der Waals surface area contributed by atoms with E-state index in [0.717, 1.165) is 6.07 Å². The topological polar surface area (TPSA) is 153 Å². The second-order valence-corrected chi connectivity index (χ2v) is 3.67. The van der Waals surface area contributed by atoms with Crippen molar-refractivity contribution in [1.29, 1.82) is 0 Å². The van der Waals surface area contributed by atoms with Crippen LogP contribution in [0.4, 0.5) is 11.4 Å². The Morgan fingerprint density at radius 2 is 2.00 bits per heavy atom. The zero-order valence-electron chi connectivity index (χ0n) is 7.52. The number of anilines is 1. The summed E-state index contributed by atoms with van der Waals surface area (Å²) >= 11 is 0. The van der Waals surface area contributed by atoms with Gasteiger partial charge in [0.05, 0.1) is 16.7 Å². The maximum atomic E-state index is 10.4. The summed E-state index contributed by atoms with van der Waals surface area (Å²) in [4.78, 5) is 9.51. The molecule has 9 nitrogen and oxygen atoms in total. The van der Waals surface area contributed by atoms with Crippen molar-refractivity contribution in [2.45, 2.75) is 0 Å². The van der Waals surface area contributed by atoms with Crippen LogP contribution in [0.3, 0.4) is 0 Å². The van der Waals surface area contributed by atoms with Gasteiger partial charge in [-0.1, -0.05) is 0 Å². The predicted molar refractivity (Wildman–Crippen MR) is 51.4 cm³/mol. The number of hydrogen-bond donors (Lipinski definition) is 3. The Labute approximate surface area is 89.2 Å². The molecule has 0 spiro atoms. The van der Waals surface area contributed by atoms with Crippen LogP contribution >= 0.6 is 0 Å². The van der Waals surface area contributed by atoms with Gasteiger partial charge >= 0.3 is 10.4 Å². The molecule has 1 rings (SSSR count). The number of nitrogens with zero attached hydrogens (tertiary/aromatic N) is 1. The van der Waals surface area contributed by atoms with E-state index < -0.39 is 38.2 Å². The van der Waals surface area contributed by atoms with Crippen LogP contribution in [0.15, 0.2) is 12.1 Å². The van der Waals surface area contributed by atoms with E-state index in [1.54, 1.807) is 0 Å². The number of benzene rings is 1. The normalized spacial score (nSPS) is 11.1. The Balaban J connectivity index is 3.33. The first-order valence-corrected chi connectivity index (χ1v) is 5.01. The molecule has 0 radical (unpaired) electrons. The van der Waals surface area contributed by atoms with Gasteiger partial charge in [0.15, 0.2) is 11.5 Å². The molecule has 0 saturated carbocycles. The number of hydrogen-bond acceptors (Lipinski definition) is 7. The van der Waals surface area contributed by atoms with E-state index >= 15 is 0 Å². The van der Waals surface area contributed by atoms with Gasteiger partial charge in [0.1, 0.15) is 0 Å². The second-order valence-electron chi connectivity index (χ2n) is 2.65. The summed E-state index contributed by atoms with van der Waals surface area (Å²) in [5.41, 5.74) is 4.13. The minimum atomic E-state index is -4.90. The highest BCUT2D eigenvalue weighted by Crippen LogP contribution is 2.36. The summed E-state index contributed by atoms with van der Waals surface area (Å²) in [5, 5.41) is 19.6. The van der Waals surface area contributed by atoms with E-state index in [-0.39, 0.29) is 0 Å². The van der Waals surface area contributed by atoms with Crippen molar-refractivity contribution in [3.8, 4) is 11.5 Å². The Morgan fingerprint density at radius 1 is 1.44 bits per heavy atom. The van der Waals surface area contributed by atoms with E-state index in [1.807, 2.05) is 0 Å². The fraction of sp³-hybridized carbons (Fsp3) is 0. The lowest BCUT2D eigenvalue weighted by molar-refractivity contribution is -0.384. The summed E-state index contributed by atoms with van der Waals surface area (Å²) < 4.78 is 33.0. The van der Waals surface area contributed by atoms with E-state index in [1.165, 1.54) is 0 Å². The van der Waals surface area contributed by atoms with E-state index in [9.17, 15) is 23.6 Å². The number of phenols is 1. The van der Waals surface area contributed by atoms with Gasteiger partial charge in [0.25, 0.3) is 5.69 Å². The molecule has 1 aromatic rings. The molecule has 0 saturated heterocycles. The summed E-state index contributed by atoms with van der Waals surface area (Å²) in [6.45, 7) is 0. The molecule has 10 heteroatoms. The molecule has 0 unspecified atom stereocenters. The van der Waals surface area contributed by atoms with E-state index in [0.29, 0.717) is 6.07 Å². The highest BCUT2D eigenvalue weighted by atomic mass is 32.3. The predicted octanol–water partition coefficient (Wildman–Crippen LogP) is 0.0642. The fourth-order valence-electron chi connectivity index (χ4n) is 0.897. The number of non-ortho nitro benzene ring substituents is 1. The van der Waals surface area contributed by atoms with Gasteiger partial charge in [-0.05, 0) is 0 Å². The van der Waals surface area contributed by atoms with Crippen molar-refractivity contribution in [3.05, 3.63) is 22.2 Å². The van der Waals surface area contributed by atoms with Crippen molar-refractivity contribution in [1.82, 2.24) is 0 Å². The van der Waals surface area contributed by atoms with Crippen LogP contribution < -0.4 is 9.92 Å². The molecule has 16 heavy (non-hydrogen) atoms. The molecular formula is C6H6N2O7S. The summed E-state index contributed by atoms with van der Waals surface area (Å²) in [7, 11) is -4.90. The lowest BCUT2D eigenvalue weighted by Crippen LogP contribution is -2.07. The monoisotopic (exact) mass is 250 g/mol. The van der Waals surface area contributed by atoms with Gasteiger partial charge in [-0.2, -0.15) is 8.42 Å². The zero-order valence-corrected chi connectivity index (χ0v) is 8.34. The third-order valence-electron chi connectivity index (χ3n) is 1.50. The molecule has 0 aliphatic rings. The first-order valence-electron chi connectivity index (χ1n) is 3.64. The molecule has 0 aliphatic carbocycles. The Kier molecular flexibility index (Phi) is 2.87. The van der Waals surface area contributed by atoms with Gasteiger partial charge in [-0.3, -0.25) is 14.7 Å². The number of nitrogens with two attached hydrogens (primary N) is 1. The molecule has 0 aromatic heterocycles. The van der Waals surface area contributed by atoms with Crippen molar-refractivity contribution < 1.29 is 27.2 Å². The SMILES string of the molecule is Nc1cc([N+](=O)[O-])cc(OS(=O)(=O)O)c1O. The molecule has 1 aromatic carbocycles. The minimum absolute atomic E-state index is 0.451. The number of phenolic OH excluding ortho intramolecular Hbond substituents is 1. The first-order chi connectivity index (χ1) is 7.20. The third-order valence-corrected chi connectivity index (χ3v) is 1.89. The molecule has 0 atom stereocenters. The van der Waals surface area contributed by atoms with Crippen LogP contribution in [-0.2, 0) is 10.4 Å². The van der Waals surface area contributed by atoms with Gasteiger partial charge in [0, 0.05) is 6.07 Å². The average molecular weight is 250 g/mol. The van der Waals surface area contributed by atoms with Crippen LogP contribution in [0.5, 0.6) is 11.5 Å². The highest BCUT2D eigenvalue weighted by molar-refractivity contribution is 7.81. The van der Waals surface area contributed by atoms with Gasteiger partial charge in [-0.15, -0.1) is 0 Å². The quantitative estimate of drug-likeness (QED) is 0.224. The summed E-state index contributed by atoms with van der Waals surface area (Å²) in [6, 6.07) is 1.42. The molecule has 0 aliphatic heterocycles. The van der Waals surface area contributed by atoms with Gasteiger partial charge in [0.2, 0.25) is 0 Å². The van der Waals surface area contributed by atoms with Crippen LogP contribution in [0.1, 0.15) is 0 Å². The summed E-state index contributed by atoms with van der Waals surface area (Å²) in [5.74, 6) is -1.64. The fourth-order valence-corrected chi connectivity index (χ4v) is 1.25. The molecule has 4 N–H and O–H groups in total. The van der Waals surface area contributed by atoms with Gasteiger partial charge < -0.3 is 15.0 Å². The molecule has 0 heterocycles.